The molecule has 0 spiro atoms. The molecule has 1 aromatic rings. The molecular weight excluding hydrogens is 212 g/mol. The van der Waals surface area contributed by atoms with E-state index in [9.17, 15) is 0 Å². The van der Waals surface area contributed by atoms with Crippen LogP contribution in [-0.2, 0) is 0 Å². The van der Waals surface area contributed by atoms with Gasteiger partial charge in [0, 0.05) is 11.6 Å². The van der Waals surface area contributed by atoms with Crippen LogP contribution in [0.5, 0.6) is 0 Å². The van der Waals surface area contributed by atoms with Crippen molar-refractivity contribution in [2.75, 3.05) is 0 Å². The van der Waals surface area contributed by atoms with Gasteiger partial charge in [-0.3, -0.25) is 0 Å². The van der Waals surface area contributed by atoms with Crippen LogP contribution in [0.2, 0.25) is 0 Å². The molecule has 1 unspecified atom stereocenters. The van der Waals surface area contributed by atoms with E-state index in [1.54, 1.807) is 0 Å². The Morgan fingerprint density at radius 1 is 1.40 bits per heavy atom. The van der Waals surface area contributed by atoms with E-state index in [4.69, 9.17) is 9.90 Å². The van der Waals surface area contributed by atoms with Crippen LogP contribution < -0.4 is 0 Å². The highest BCUT2D eigenvalue weighted by Gasteiger charge is 2.46. The molecule has 0 aromatic heterocycles. The van der Waals surface area contributed by atoms with Gasteiger partial charge in [-0.1, -0.05) is 44.2 Å². The van der Waals surface area contributed by atoms with Gasteiger partial charge in [0.2, 0.25) is 0 Å². The van der Waals surface area contributed by atoms with Crippen LogP contribution in [0.1, 0.15) is 31.7 Å². The summed E-state index contributed by atoms with van der Waals surface area (Å²) < 4.78 is 0. The third-order valence-corrected chi connectivity index (χ3v) is 2.72. The SMILES string of the molecule is CC1(C)CC1c1ccccc1.O=C(O)Cl. The van der Waals surface area contributed by atoms with Crippen molar-refractivity contribution in [3.05, 3.63) is 35.9 Å². The molecule has 15 heavy (non-hydrogen) atoms. The minimum Gasteiger partial charge on any atom is -0.469 e. The summed E-state index contributed by atoms with van der Waals surface area (Å²) in [7, 11) is 0. The summed E-state index contributed by atoms with van der Waals surface area (Å²) in [4.78, 5) is 8.77. The molecule has 1 aromatic carbocycles. The molecule has 1 aliphatic carbocycles. The van der Waals surface area contributed by atoms with E-state index >= 15 is 0 Å². The molecule has 2 nitrogen and oxygen atoms in total. The fraction of sp³-hybridized carbons (Fsp3) is 0.417. The van der Waals surface area contributed by atoms with Crippen LogP contribution in [-0.4, -0.2) is 10.5 Å². The van der Waals surface area contributed by atoms with E-state index in [-0.39, 0.29) is 0 Å². The maximum Gasteiger partial charge on any atom is 0.401 e. The summed E-state index contributed by atoms with van der Waals surface area (Å²) in [5, 5.41) is 7.18. The van der Waals surface area contributed by atoms with Crippen molar-refractivity contribution in [3.8, 4) is 0 Å². The Morgan fingerprint density at radius 2 is 1.80 bits per heavy atom. The molecule has 3 heteroatoms. The average Bonchev–Trinajstić information content (AvgIpc) is 2.76. The highest BCUT2D eigenvalue weighted by Crippen LogP contribution is 2.58. The Balaban J connectivity index is 0.000000245. The fourth-order valence-corrected chi connectivity index (χ4v) is 1.72. The van der Waals surface area contributed by atoms with Gasteiger partial charge in [0.15, 0.2) is 0 Å². The first-order valence-corrected chi connectivity index (χ1v) is 5.24. The maximum absolute atomic E-state index is 8.77. The van der Waals surface area contributed by atoms with Crippen LogP contribution in [0.4, 0.5) is 4.79 Å². The number of carboxylic acid groups (broad SMARTS) is 1. The van der Waals surface area contributed by atoms with Crippen LogP contribution in [0.25, 0.3) is 0 Å². The average molecular weight is 227 g/mol. The number of rotatable bonds is 1. The van der Waals surface area contributed by atoms with Gasteiger partial charge in [0.05, 0.1) is 0 Å². The maximum atomic E-state index is 8.77. The van der Waals surface area contributed by atoms with Crippen molar-refractivity contribution < 1.29 is 9.90 Å². The Labute approximate surface area is 94.9 Å². The highest BCUT2D eigenvalue weighted by molar-refractivity contribution is 6.60. The fourth-order valence-electron chi connectivity index (χ4n) is 1.72. The molecular formula is C12H15ClO2. The molecule has 0 amide bonds. The van der Waals surface area contributed by atoms with Gasteiger partial charge >= 0.3 is 5.43 Å². The summed E-state index contributed by atoms with van der Waals surface area (Å²) >= 11 is 4.19. The minimum absolute atomic E-state index is 0.571. The first-order valence-electron chi connectivity index (χ1n) is 4.87. The monoisotopic (exact) mass is 226 g/mol. The van der Waals surface area contributed by atoms with E-state index in [0.717, 1.165) is 5.92 Å². The van der Waals surface area contributed by atoms with Crippen molar-refractivity contribution in [2.45, 2.75) is 26.2 Å². The summed E-state index contributed by atoms with van der Waals surface area (Å²) in [5.74, 6) is 0.823. The molecule has 1 saturated carbocycles. The summed E-state index contributed by atoms with van der Waals surface area (Å²) in [6.07, 6.45) is 1.36. The number of benzene rings is 1. The van der Waals surface area contributed by atoms with Crippen LogP contribution >= 0.6 is 11.6 Å². The lowest BCUT2D eigenvalue weighted by atomic mass is 10.0. The lowest BCUT2D eigenvalue weighted by Crippen LogP contribution is -1.88. The normalized spacial score (nSPS) is 21.1. The smallest absolute Gasteiger partial charge is 0.401 e. The van der Waals surface area contributed by atoms with Gasteiger partial charge in [0.25, 0.3) is 0 Å². The molecule has 0 bridgehead atoms. The van der Waals surface area contributed by atoms with Crippen molar-refractivity contribution >= 4 is 17.0 Å². The Morgan fingerprint density at radius 3 is 2.13 bits per heavy atom. The molecule has 0 radical (unpaired) electrons. The van der Waals surface area contributed by atoms with E-state index in [2.05, 4.69) is 55.8 Å². The van der Waals surface area contributed by atoms with Gasteiger partial charge in [-0.15, -0.1) is 0 Å². The van der Waals surface area contributed by atoms with Gasteiger partial charge in [-0.25, -0.2) is 4.79 Å². The molecule has 1 fully saturated rings. The van der Waals surface area contributed by atoms with Crippen molar-refractivity contribution in [3.63, 3.8) is 0 Å². The molecule has 1 atom stereocenters. The van der Waals surface area contributed by atoms with Crippen LogP contribution in [0.3, 0.4) is 0 Å². The molecule has 1 N–H and O–H groups in total. The number of hydrogen-bond donors (Lipinski definition) is 1. The van der Waals surface area contributed by atoms with E-state index in [0.29, 0.717) is 5.41 Å². The summed E-state index contributed by atoms with van der Waals surface area (Å²) in [5.41, 5.74) is 0.721. The first-order chi connectivity index (χ1) is 6.93. The molecule has 1 aliphatic rings. The largest absolute Gasteiger partial charge is 0.469 e. The summed E-state index contributed by atoms with van der Waals surface area (Å²) in [6.45, 7) is 4.68. The number of halogens is 1. The van der Waals surface area contributed by atoms with Gasteiger partial charge in [-0.2, -0.15) is 0 Å². The molecule has 0 heterocycles. The zero-order chi connectivity index (χ0) is 11.5. The second-order valence-corrected chi connectivity index (χ2v) is 4.73. The second-order valence-electron chi connectivity index (χ2n) is 4.41. The number of hydrogen-bond acceptors (Lipinski definition) is 1. The lowest BCUT2D eigenvalue weighted by Gasteiger charge is -2.01. The van der Waals surface area contributed by atoms with Crippen molar-refractivity contribution in [2.24, 2.45) is 5.41 Å². The molecule has 2 rings (SSSR count). The van der Waals surface area contributed by atoms with Gasteiger partial charge in [-0.05, 0) is 23.3 Å². The predicted molar refractivity (Wildman–Crippen MR) is 61.5 cm³/mol. The number of carbonyl (C=O) groups is 1. The lowest BCUT2D eigenvalue weighted by molar-refractivity contribution is 0.220. The standard InChI is InChI=1S/C11H14.CHClO2/c1-11(2)8-10(11)9-6-4-3-5-7-9;2-1(3)4/h3-7,10H,8H2,1-2H3;(H,3,4). The molecule has 0 saturated heterocycles. The molecule has 0 aliphatic heterocycles. The highest BCUT2D eigenvalue weighted by atomic mass is 35.5. The van der Waals surface area contributed by atoms with Crippen LogP contribution in [0.15, 0.2) is 30.3 Å². The van der Waals surface area contributed by atoms with Crippen LogP contribution in [0, 0.1) is 5.41 Å². The Hall–Kier alpha value is -1.02. The first kappa shape index (κ1) is 12.1. The third kappa shape index (κ3) is 3.92. The molecule has 82 valence electrons. The van der Waals surface area contributed by atoms with E-state index < -0.39 is 5.43 Å². The van der Waals surface area contributed by atoms with Crippen molar-refractivity contribution in [1.82, 2.24) is 0 Å². The zero-order valence-corrected chi connectivity index (χ0v) is 9.66. The predicted octanol–water partition coefficient (Wildman–Crippen LogP) is 4.10. The third-order valence-electron chi connectivity index (χ3n) is 2.72. The summed E-state index contributed by atoms with van der Waals surface area (Å²) in [6, 6.07) is 10.8. The van der Waals surface area contributed by atoms with Crippen molar-refractivity contribution in [1.29, 1.82) is 0 Å². The topological polar surface area (TPSA) is 37.3 Å². The van der Waals surface area contributed by atoms with Gasteiger partial charge in [0.1, 0.15) is 0 Å². The Bertz CT molecular complexity index is 329. The second kappa shape index (κ2) is 4.67. The van der Waals surface area contributed by atoms with Gasteiger partial charge < -0.3 is 5.11 Å². The zero-order valence-electron chi connectivity index (χ0n) is 8.90. The Kier molecular flexibility index (Phi) is 3.75. The van der Waals surface area contributed by atoms with E-state index in [1.165, 1.54) is 12.0 Å². The quantitative estimate of drug-likeness (QED) is 0.732. The van der Waals surface area contributed by atoms with E-state index in [1.807, 2.05) is 0 Å². The minimum atomic E-state index is -1.36.